The highest BCUT2D eigenvalue weighted by Gasteiger charge is 2.21. The molecular formula is C27H21N. The van der Waals surface area contributed by atoms with Gasteiger partial charge < -0.3 is 5.32 Å². The monoisotopic (exact) mass is 359 g/mol. The lowest BCUT2D eigenvalue weighted by molar-refractivity contribution is 0.973. The molecule has 28 heavy (non-hydrogen) atoms. The van der Waals surface area contributed by atoms with E-state index in [0.717, 1.165) is 0 Å². The van der Waals surface area contributed by atoms with Crippen LogP contribution in [0, 0.1) is 0 Å². The van der Waals surface area contributed by atoms with Gasteiger partial charge in [0, 0.05) is 11.3 Å². The molecule has 0 amide bonds. The van der Waals surface area contributed by atoms with Crippen molar-refractivity contribution in [3.63, 3.8) is 0 Å². The van der Waals surface area contributed by atoms with Crippen molar-refractivity contribution in [1.82, 2.24) is 0 Å². The summed E-state index contributed by atoms with van der Waals surface area (Å²) in [5.41, 5.74) is 8.70. The fourth-order valence-electron chi connectivity index (χ4n) is 3.88. The Bertz CT molecular complexity index is 1110. The minimum absolute atomic E-state index is 0.159. The number of nitrogens with one attached hydrogen (secondary N) is 1. The van der Waals surface area contributed by atoms with Gasteiger partial charge in [-0.25, -0.2) is 0 Å². The highest BCUT2D eigenvalue weighted by atomic mass is 14.9. The first-order chi connectivity index (χ1) is 13.9. The van der Waals surface area contributed by atoms with Crippen LogP contribution in [0.4, 0.5) is 5.69 Å². The van der Waals surface area contributed by atoms with Crippen molar-refractivity contribution in [1.29, 1.82) is 0 Å². The zero-order valence-corrected chi connectivity index (χ0v) is 15.5. The molecular weight excluding hydrogens is 338 g/mol. The number of hydrogen-bond donors (Lipinski definition) is 1. The highest BCUT2D eigenvalue weighted by molar-refractivity contribution is 5.91. The van der Waals surface area contributed by atoms with Crippen LogP contribution in [-0.2, 0) is 0 Å². The maximum atomic E-state index is 3.72. The first kappa shape index (κ1) is 16.6. The van der Waals surface area contributed by atoms with E-state index in [1.54, 1.807) is 0 Å². The van der Waals surface area contributed by atoms with Crippen molar-refractivity contribution in [3.05, 3.63) is 132 Å². The van der Waals surface area contributed by atoms with Gasteiger partial charge in [-0.3, -0.25) is 0 Å². The number of benzene rings is 4. The molecule has 0 spiro atoms. The Morgan fingerprint density at radius 2 is 1.14 bits per heavy atom. The third-order valence-corrected chi connectivity index (χ3v) is 5.30. The predicted molar refractivity (Wildman–Crippen MR) is 118 cm³/mol. The molecule has 0 bridgehead atoms. The molecule has 1 N–H and O–H groups in total. The Morgan fingerprint density at radius 1 is 0.536 bits per heavy atom. The second-order valence-corrected chi connectivity index (χ2v) is 7.11. The summed E-state index contributed by atoms with van der Waals surface area (Å²) >= 11 is 0. The van der Waals surface area contributed by atoms with E-state index >= 15 is 0 Å². The van der Waals surface area contributed by atoms with E-state index in [9.17, 15) is 0 Å². The Kier molecular flexibility index (Phi) is 4.27. The smallest absolute Gasteiger partial charge is 0.0707 e. The topological polar surface area (TPSA) is 12.0 Å². The molecule has 5 rings (SSSR count). The van der Waals surface area contributed by atoms with E-state index in [1.165, 1.54) is 39.1 Å². The lowest BCUT2D eigenvalue weighted by Gasteiger charge is -2.28. The molecule has 1 aliphatic heterocycles. The number of hydrogen-bond acceptors (Lipinski definition) is 1. The molecule has 0 aromatic heterocycles. The summed E-state index contributed by atoms with van der Waals surface area (Å²) in [7, 11) is 0. The molecule has 1 aliphatic rings. The first-order valence-electron chi connectivity index (χ1n) is 9.67. The normalized spacial score (nSPS) is 15.3. The lowest BCUT2D eigenvalue weighted by atomic mass is 9.87. The molecule has 0 radical (unpaired) electrons. The molecule has 4 aromatic rings. The van der Waals surface area contributed by atoms with Gasteiger partial charge in [-0.2, -0.15) is 0 Å². The second-order valence-electron chi connectivity index (χ2n) is 7.11. The van der Waals surface area contributed by atoms with Gasteiger partial charge in [0.05, 0.1) is 6.04 Å². The van der Waals surface area contributed by atoms with E-state index < -0.39 is 0 Å². The van der Waals surface area contributed by atoms with E-state index in [1.807, 2.05) is 0 Å². The molecule has 1 unspecified atom stereocenters. The third kappa shape index (κ3) is 3.12. The molecule has 4 aromatic carbocycles. The maximum absolute atomic E-state index is 3.72. The number of anilines is 1. The van der Waals surface area contributed by atoms with Gasteiger partial charge in [-0.15, -0.1) is 0 Å². The highest BCUT2D eigenvalue weighted by Crippen LogP contribution is 2.40. The molecule has 0 aliphatic carbocycles. The summed E-state index contributed by atoms with van der Waals surface area (Å²) in [6.45, 7) is 0. The fraction of sp³-hybridized carbons (Fsp3) is 0.0370. The van der Waals surface area contributed by atoms with Crippen LogP contribution in [-0.4, -0.2) is 0 Å². The Hall–Kier alpha value is -3.58. The molecule has 1 heteroatoms. The zero-order chi connectivity index (χ0) is 18.8. The van der Waals surface area contributed by atoms with Gasteiger partial charge in [-0.05, 0) is 46.0 Å². The average molecular weight is 359 g/mol. The molecule has 1 heterocycles. The molecule has 1 atom stereocenters. The van der Waals surface area contributed by atoms with Crippen LogP contribution >= 0.6 is 0 Å². The summed E-state index contributed by atoms with van der Waals surface area (Å²) in [6, 6.07) is 38.7. The summed E-state index contributed by atoms with van der Waals surface area (Å²) in [4.78, 5) is 0. The van der Waals surface area contributed by atoms with Crippen molar-refractivity contribution in [2.24, 2.45) is 0 Å². The van der Waals surface area contributed by atoms with E-state index in [4.69, 9.17) is 0 Å². The summed E-state index contributed by atoms with van der Waals surface area (Å²) in [5.74, 6) is 0. The molecule has 0 saturated carbocycles. The standard InChI is InChI=1S/C27H21N/c1-4-10-20(11-5-1)23-16-17-26-25(18-23)24(21-12-6-2-7-13-21)19-27(28-26)22-14-8-3-9-15-22/h1-19,27-28H. The zero-order valence-electron chi connectivity index (χ0n) is 15.5. The average Bonchev–Trinajstić information content (AvgIpc) is 2.80. The second kappa shape index (κ2) is 7.21. The summed E-state index contributed by atoms with van der Waals surface area (Å²) in [6.07, 6.45) is 2.35. The van der Waals surface area contributed by atoms with Gasteiger partial charge >= 0.3 is 0 Å². The van der Waals surface area contributed by atoms with Crippen LogP contribution in [0.5, 0.6) is 0 Å². The lowest BCUT2D eigenvalue weighted by Crippen LogP contribution is -2.15. The van der Waals surface area contributed by atoms with Crippen LogP contribution in [0.1, 0.15) is 22.7 Å². The van der Waals surface area contributed by atoms with Gasteiger partial charge in [0.2, 0.25) is 0 Å². The fourth-order valence-corrected chi connectivity index (χ4v) is 3.88. The van der Waals surface area contributed by atoms with Gasteiger partial charge in [0.15, 0.2) is 0 Å². The minimum Gasteiger partial charge on any atom is -0.374 e. The predicted octanol–water partition coefficient (Wildman–Crippen LogP) is 6.95. The van der Waals surface area contributed by atoms with Crippen LogP contribution in [0.25, 0.3) is 16.7 Å². The Labute approximate surface area is 166 Å². The van der Waals surface area contributed by atoms with Crippen LogP contribution in [0.15, 0.2) is 115 Å². The van der Waals surface area contributed by atoms with Crippen molar-refractivity contribution < 1.29 is 0 Å². The molecule has 0 saturated heterocycles. The largest absolute Gasteiger partial charge is 0.374 e. The van der Waals surface area contributed by atoms with Crippen LogP contribution < -0.4 is 5.32 Å². The molecule has 0 fully saturated rings. The number of fused-ring (bicyclic) bond motifs is 1. The van der Waals surface area contributed by atoms with E-state index in [0.29, 0.717) is 0 Å². The maximum Gasteiger partial charge on any atom is 0.0707 e. The SMILES string of the molecule is C1=C(c2ccccc2)c2cc(-c3ccccc3)ccc2NC1c1ccccc1. The Morgan fingerprint density at radius 3 is 1.82 bits per heavy atom. The molecule has 134 valence electrons. The minimum atomic E-state index is 0.159. The van der Waals surface area contributed by atoms with Crippen LogP contribution in [0.2, 0.25) is 0 Å². The van der Waals surface area contributed by atoms with Gasteiger partial charge in [-0.1, -0.05) is 97.1 Å². The van der Waals surface area contributed by atoms with Gasteiger partial charge in [0.1, 0.15) is 0 Å². The summed E-state index contributed by atoms with van der Waals surface area (Å²) < 4.78 is 0. The van der Waals surface area contributed by atoms with Crippen molar-refractivity contribution >= 4 is 11.3 Å². The van der Waals surface area contributed by atoms with Crippen molar-refractivity contribution in [2.45, 2.75) is 6.04 Å². The van der Waals surface area contributed by atoms with E-state index in [-0.39, 0.29) is 6.04 Å². The van der Waals surface area contributed by atoms with Gasteiger partial charge in [0.25, 0.3) is 0 Å². The quantitative estimate of drug-likeness (QED) is 0.417. The third-order valence-electron chi connectivity index (χ3n) is 5.30. The van der Waals surface area contributed by atoms with Crippen molar-refractivity contribution in [3.8, 4) is 11.1 Å². The van der Waals surface area contributed by atoms with Crippen molar-refractivity contribution in [2.75, 3.05) is 5.32 Å². The van der Waals surface area contributed by atoms with E-state index in [2.05, 4.69) is 121 Å². The number of rotatable bonds is 3. The molecule has 1 nitrogen and oxygen atoms in total. The summed E-state index contributed by atoms with van der Waals surface area (Å²) in [5, 5.41) is 3.72. The van der Waals surface area contributed by atoms with Crippen LogP contribution in [0.3, 0.4) is 0 Å². The first-order valence-corrected chi connectivity index (χ1v) is 9.67. The Balaban J connectivity index is 1.65.